The molecule has 136 valence electrons. The highest BCUT2D eigenvalue weighted by molar-refractivity contribution is 5.87. The number of fused-ring (bicyclic) bond motifs is 1. The predicted octanol–water partition coefficient (Wildman–Crippen LogP) is 2.23. The molecule has 2 heterocycles. The Hall–Kier alpha value is -2.60. The number of nitrogens with one attached hydrogen (secondary N) is 2. The fourth-order valence-corrected chi connectivity index (χ4v) is 3.71. The van der Waals surface area contributed by atoms with Gasteiger partial charge in [0.25, 0.3) is 5.91 Å². The van der Waals surface area contributed by atoms with Gasteiger partial charge in [0.15, 0.2) is 6.17 Å². The van der Waals surface area contributed by atoms with Crippen LogP contribution in [0.3, 0.4) is 0 Å². The Bertz CT molecular complexity index is 777. The van der Waals surface area contributed by atoms with E-state index < -0.39 is 6.17 Å². The van der Waals surface area contributed by atoms with Crippen molar-refractivity contribution in [2.75, 3.05) is 0 Å². The molecule has 1 amide bonds. The number of carbonyl (C=O) groups is 1. The van der Waals surface area contributed by atoms with Crippen LogP contribution in [0.25, 0.3) is 5.70 Å². The van der Waals surface area contributed by atoms with Crippen LogP contribution in [-0.4, -0.2) is 34.2 Å². The molecule has 0 radical (unpaired) electrons. The second-order valence-corrected chi connectivity index (χ2v) is 6.94. The Balaban J connectivity index is 1.52. The normalized spacial score (nSPS) is 27.3. The molecule has 1 aromatic carbocycles. The van der Waals surface area contributed by atoms with Gasteiger partial charge in [-0.15, -0.1) is 0 Å². The van der Waals surface area contributed by atoms with Crippen LogP contribution < -0.4 is 10.6 Å². The number of aliphatic hydroxyl groups excluding tert-OH is 1. The molecule has 1 saturated carbocycles. The largest absolute Gasteiger partial charge is 0.393 e. The number of allylic oxidation sites excluding steroid dienone is 3. The molecule has 6 heteroatoms. The topological polar surface area (TPSA) is 64.6 Å². The lowest BCUT2D eigenvalue weighted by Gasteiger charge is -2.30. The monoisotopic (exact) mass is 355 g/mol. The Morgan fingerprint density at radius 3 is 2.62 bits per heavy atom. The molecule has 26 heavy (non-hydrogen) atoms. The zero-order valence-electron chi connectivity index (χ0n) is 14.4. The van der Waals surface area contributed by atoms with E-state index in [0.717, 1.165) is 42.6 Å². The van der Waals surface area contributed by atoms with Crippen molar-refractivity contribution >= 4 is 11.6 Å². The van der Waals surface area contributed by atoms with E-state index in [2.05, 4.69) is 10.6 Å². The van der Waals surface area contributed by atoms with Gasteiger partial charge in [-0.1, -0.05) is 6.08 Å². The number of hydrogen-bond acceptors (Lipinski definition) is 4. The number of amides is 1. The van der Waals surface area contributed by atoms with E-state index in [9.17, 15) is 14.3 Å². The lowest BCUT2D eigenvalue weighted by molar-refractivity contribution is -0.126. The molecule has 1 aromatic rings. The average molecular weight is 355 g/mol. The summed E-state index contributed by atoms with van der Waals surface area (Å²) < 4.78 is 13.2. The summed E-state index contributed by atoms with van der Waals surface area (Å²) in [7, 11) is 0. The molecule has 1 aliphatic carbocycles. The molecule has 0 spiro atoms. The van der Waals surface area contributed by atoms with Gasteiger partial charge in [0.1, 0.15) is 5.82 Å². The van der Waals surface area contributed by atoms with Crippen LogP contribution in [0.15, 0.2) is 54.4 Å². The molecule has 1 unspecified atom stereocenters. The number of hydrogen-bond donors (Lipinski definition) is 3. The van der Waals surface area contributed by atoms with Gasteiger partial charge in [0.2, 0.25) is 0 Å². The van der Waals surface area contributed by atoms with Crippen LogP contribution in [0.2, 0.25) is 0 Å². The van der Waals surface area contributed by atoms with Crippen molar-refractivity contribution in [3.63, 3.8) is 0 Å². The lowest BCUT2D eigenvalue weighted by atomic mass is 9.93. The van der Waals surface area contributed by atoms with Gasteiger partial charge in [0.05, 0.1) is 17.5 Å². The maximum atomic E-state index is 13.2. The number of nitrogens with zero attached hydrogens (tertiary/aromatic N) is 1. The Morgan fingerprint density at radius 1 is 1.15 bits per heavy atom. The van der Waals surface area contributed by atoms with E-state index in [1.54, 1.807) is 12.1 Å². The second-order valence-electron chi connectivity index (χ2n) is 6.94. The van der Waals surface area contributed by atoms with Crippen molar-refractivity contribution in [3.8, 4) is 0 Å². The summed E-state index contributed by atoms with van der Waals surface area (Å²) in [5.74, 6) is -0.386. The lowest BCUT2D eigenvalue weighted by Crippen LogP contribution is -2.51. The summed E-state index contributed by atoms with van der Waals surface area (Å²) in [6.07, 6.45) is 9.85. The molecule has 3 N–H and O–H groups in total. The van der Waals surface area contributed by atoms with E-state index in [-0.39, 0.29) is 23.9 Å². The second kappa shape index (κ2) is 6.96. The summed E-state index contributed by atoms with van der Waals surface area (Å²) in [4.78, 5) is 14.8. The third-order valence-corrected chi connectivity index (χ3v) is 5.13. The number of benzene rings is 1. The predicted molar refractivity (Wildman–Crippen MR) is 96.8 cm³/mol. The smallest absolute Gasteiger partial charge is 0.264 e. The zero-order valence-corrected chi connectivity index (χ0v) is 14.4. The number of carbonyl (C=O) groups excluding carboxylic acids is 1. The molecule has 2 aliphatic heterocycles. The maximum Gasteiger partial charge on any atom is 0.264 e. The summed E-state index contributed by atoms with van der Waals surface area (Å²) in [5.41, 5.74) is 2.53. The quantitative estimate of drug-likeness (QED) is 0.778. The van der Waals surface area contributed by atoms with Crippen LogP contribution in [0, 0.1) is 5.82 Å². The summed E-state index contributed by atoms with van der Waals surface area (Å²) in [6.45, 7) is 0. The van der Waals surface area contributed by atoms with E-state index in [1.807, 2.05) is 29.3 Å². The van der Waals surface area contributed by atoms with Gasteiger partial charge < -0.3 is 20.6 Å². The Kier molecular flexibility index (Phi) is 4.51. The first-order valence-electron chi connectivity index (χ1n) is 9.00. The third kappa shape index (κ3) is 3.24. The molecule has 1 atom stereocenters. The van der Waals surface area contributed by atoms with Crippen molar-refractivity contribution in [3.05, 3.63) is 65.8 Å². The van der Waals surface area contributed by atoms with Gasteiger partial charge in [-0.2, -0.15) is 0 Å². The summed E-state index contributed by atoms with van der Waals surface area (Å²) in [6, 6.07) is 6.33. The molecule has 3 aliphatic rings. The highest BCUT2D eigenvalue weighted by Crippen LogP contribution is 2.31. The number of aliphatic hydroxyl groups is 1. The molecule has 4 rings (SSSR count). The van der Waals surface area contributed by atoms with Gasteiger partial charge in [-0.3, -0.25) is 4.79 Å². The third-order valence-electron chi connectivity index (χ3n) is 5.13. The van der Waals surface area contributed by atoms with Crippen LogP contribution >= 0.6 is 0 Å². The minimum atomic E-state index is -0.543. The first-order valence-corrected chi connectivity index (χ1v) is 9.00. The Morgan fingerprint density at radius 2 is 1.88 bits per heavy atom. The van der Waals surface area contributed by atoms with Gasteiger partial charge in [-0.25, -0.2) is 4.39 Å². The molecule has 0 saturated heterocycles. The first kappa shape index (κ1) is 16.8. The van der Waals surface area contributed by atoms with E-state index in [1.165, 1.54) is 12.1 Å². The van der Waals surface area contributed by atoms with Crippen molar-refractivity contribution < 1.29 is 14.3 Å². The van der Waals surface area contributed by atoms with Crippen molar-refractivity contribution in [1.82, 2.24) is 15.5 Å². The van der Waals surface area contributed by atoms with Crippen molar-refractivity contribution in [2.24, 2.45) is 0 Å². The Labute approximate surface area is 151 Å². The van der Waals surface area contributed by atoms with Gasteiger partial charge >= 0.3 is 0 Å². The van der Waals surface area contributed by atoms with Crippen LogP contribution in [0.4, 0.5) is 4.39 Å². The summed E-state index contributed by atoms with van der Waals surface area (Å²) >= 11 is 0. The average Bonchev–Trinajstić information content (AvgIpc) is 3.04. The molecule has 0 aromatic heterocycles. The molecule has 1 fully saturated rings. The fourth-order valence-electron chi connectivity index (χ4n) is 3.71. The fraction of sp³-hybridized carbons (Fsp3) is 0.350. The maximum absolute atomic E-state index is 13.2. The molecule has 0 bridgehead atoms. The first-order chi connectivity index (χ1) is 12.6. The molecular formula is C20H22FN3O2. The highest BCUT2D eigenvalue weighted by atomic mass is 19.1. The van der Waals surface area contributed by atoms with Crippen LogP contribution in [-0.2, 0) is 4.79 Å². The van der Waals surface area contributed by atoms with Gasteiger partial charge in [0, 0.05) is 12.2 Å². The standard InChI is InChI=1S/C20H22FN3O2/c21-14-6-4-13(5-7-14)18-17-3-1-2-12-24(17)19(23-18)20(26)22-15-8-10-16(25)11-9-15/h1-7,12,15-16,19,23,25H,8-11H2,(H,22,26). The SMILES string of the molecule is O=C(NC1CCC(O)CC1)C1NC(c2ccc(F)cc2)=C2C=CC=CN21. The summed E-state index contributed by atoms with van der Waals surface area (Å²) in [5, 5.41) is 16.0. The van der Waals surface area contributed by atoms with E-state index >= 15 is 0 Å². The number of rotatable bonds is 3. The molecule has 5 nitrogen and oxygen atoms in total. The van der Waals surface area contributed by atoms with Crippen molar-refractivity contribution in [2.45, 2.75) is 44.0 Å². The van der Waals surface area contributed by atoms with E-state index in [4.69, 9.17) is 0 Å². The van der Waals surface area contributed by atoms with Crippen LogP contribution in [0.1, 0.15) is 31.2 Å². The van der Waals surface area contributed by atoms with Gasteiger partial charge in [-0.05, 0) is 67.7 Å². The minimum absolute atomic E-state index is 0.0929. The van der Waals surface area contributed by atoms with Crippen LogP contribution in [0.5, 0.6) is 0 Å². The molecular weight excluding hydrogens is 333 g/mol. The highest BCUT2D eigenvalue weighted by Gasteiger charge is 2.36. The van der Waals surface area contributed by atoms with E-state index in [0.29, 0.717) is 0 Å². The van der Waals surface area contributed by atoms with Crippen molar-refractivity contribution in [1.29, 1.82) is 0 Å². The minimum Gasteiger partial charge on any atom is -0.393 e. The zero-order chi connectivity index (χ0) is 18.1. The number of halogens is 1.